The van der Waals surface area contributed by atoms with E-state index in [4.69, 9.17) is 0 Å². The monoisotopic (exact) mass is 280 g/mol. The van der Waals surface area contributed by atoms with Gasteiger partial charge in [0, 0.05) is 25.4 Å². The molecule has 4 aliphatic rings. The Morgan fingerprint density at radius 3 is 2.60 bits per heavy atom. The highest BCUT2D eigenvalue weighted by Crippen LogP contribution is 2.40. The number of halogens is 1. The summed E-state index contributed by atoms with van der Waals surface area (Å²) in [5.74, 6) is 0.867. The van der Waals surface area contributed by atoms with Gasteiger partial charge in [0.05, 0.1) is 12.1 Å². The summed E-state index contributed by atoms with van der Waals surface area (Å²) in [5.41, 5.74) is 0. The molecular formula is C15H21FN2O2. The number of hydrogen-bond acceptors (Lipinski definition) is 2. The van der Waals surface area contributed by atoms with Crippen molar-refractivity contribution in [1.29, 1.82) is 0 Å². The number of fused-ring (bicyclic) bond motifs is 1. The van der Waals surface area contributed by atoms with Gasteiger partial charge >= 0.3 is 0 Å². The molecule has 0 N–H and O–H groups in total. The van der Waals surface area contributed by atoms with Gasteiger partial charge in [-0.3, -0.25) is 9.59 Å². The number of amides is 2. The highest BCUT2D eigenvalue weighted by Gasteiger charge is 2.51. The summed E-state index contributed by atoms with van der Waals surface area (Å²) in [7, 11) is 0. The van der Waals surface area contributed by atoms with E-state index in [2.05, 4.69) is 0 Å². The zero-order chi connectivity index (χ0) is 13.9. The van der Waals surface area contributed by atoms with Crippen LogP contribution >= 0.6 is 0 Å². The Labute approximate surface area is 118 Å². The molecule has 0 aromatic carbocycles. The van der Waals surface area contributed by atoms with Crippen molar-refractivity contribution in [3.63, 3.8) is 0 Å². The van der Waals surface area contributed by atoms with E-state index in [1.165, 1.54) is 12.8 Å². The number of likely N-dealkylation sites (tertiary alicyclic amines) is 2. The van der Waals surface area contributed by atoms with Crippen LogP contribution < -0.4 is 0 Å². The van der Waals surface area contributed by atoms with Crippen molar-refractivity contribution >= 4 is 11.8 Å². The molecule has 2 saturated heterocycles. The maximum absolute atomic E-state index is 12.9. The van der Waals surface area contributed by atoms with Crippen molar-refractivity contribution in [2.45, 2.75) is 56.8 Å². The third-order valence-corrected chi connectivity index (χ3v) is 5.48. The molecule has 0 aromatic heterocycles. The summed E-state index contributed by atoms with van der Waals surface area (Å²) in [4.78, 5) is 28.4. The fourth-order valence-electron chi connectivity index (χ4n) is 4.00. The number of carbonyl (C=O) groups excluding carboxylic acids is 2. The number of nitrogens with zero attached hydrogens (tertiary/aromatic N) is 2. The van der Waals surface area contributed by atoms with Crippen LogP contribution in [0.1, 0.15) is 38.5 Å². The van der Waals surface area contributed by atoms with Crippen LogP contribution in [0.3, 0.4) is 0 Å². The van der Waals surface area contributed by atoms with Crippen LogP contribution in [0.5, 0.6) is 0 Å². The molecule has 2 aliphatic heterocycles. The predicted molar refractivity (Wildman–Crippen MR) is 70.6 cm³/mol. The minimum Gasteiger partial charge on any atom is -0.337 e. The van der Waals surface area contributed by atoms with Gasteiger partial charge in [-0.05, 0) is 38.0 Å². The lowest BCUT2D eigenvalue weighted by molar-refractivity contribution is -0.141. The first-order valence-corrected chi connectivity index (χ1v) is 7.87. The van der Waals surface area contributed by atoms with Crippen LogP contribution in [-0.2, 0) is 9.59 Å². The van der Waals surface area contributed by atoms with Crippen LogP contribution in [0.15, 0.2) is 0 Å². The maximum atomic E-state index is 12.9. The van der Waals surface area contributed by atoms with Gasteiger partial charge in [-0.25, -0.2) is 4.39 Å². The Balaban J connectivity index is 1.44. The Kier molecular flexibility index (Phi) is 2.79. The van der Waals surface area contributed by atoms with Crippen molar-refractivity contribution in [3.05, 3.63) is 0 Å². The van der Waals surface area contributed by atoms with Crippen LogP contribution in [0.4, 0.5) is 4.39 Å². The predicted octanol–water partition coefficient (Wildman–Crippen LogP) is 1.35. The molecule has 4 nitrogen and oxygen atoms in total. The average molecular weight is 280 g/mol. The van der Waals surface area contributed by atoms with E-state index >= 15 is 0 Å². The second-order valence-electron chi connectivity index (χ2n) is 6.91. The van der Waals surface area contributed by atoms with Gasteiger partial charge in [0.15, 0.2) is 0 Å². The zero-order valence-electron chi connectivity index (χ0n) is 11.6. The summed E-state index contributed by atoms with van der Waals surface area (Å²) in [6.07, 6.45) is 3.83. The van der Waals surface area contributed by atoms with Gasteiger partial charge in [-0.15, -0.1) is 0 Å². The molecule has 2 saturated carbocycles. The van der Waals surface area contributed by atoms with E-state index in [0.717, 1.165) is 19.5 Å². The summed E-state index contributed by atoms with van der Waals surface area (Å²) in [5, 5.41) is 0. The van der Waals surface area contributed by atoms with Crippen molar-refractivity contribution in [2.75, 3.05) is 13.1 Å². The standard InChI is InChI=1S/C15H21FN2O2/c16-11-5-10(6-11)15(20)17-4-3-12-13(17)7-14(19)18(12)8-9-1-2-9/h9-13H,1-8H2/t10?,11?,12-,13+/m1/s1. The molecule has 5 heteroatoms. The summed E-state index contributed by atoms with van der Waals surface area (Å²) in [6.45, 7) is 1.63. The van der Waals surface area contributed by atoms with Crippen molar-refractivity contribution in [2.24, 2.45) is 11.8 Å². The molecule has 0 spiro atoms. The van der Waals surface area contributed by atoms with Crippen LogP contribution in [0.2, 0.25) is 0 Å². The van der Waals surface area contributed by atoms with E-state index < -0.39 is 6.17 Å². The average Bonchev–Trinajstić information content (AvgIpc) is 3.04. The van der Waals surface area contributed by atoms with E-state index in [0.29, 0.717) is 25.2 Å². The second-order valence-corrected chi connectivity index (χ2v) is 6.91. The fraction of sp³-hybridized carbons (Fsp3) is 0.867. The molecule has 2 aliphatic carbocycles. The smallest absolute Gasteiger partial charge is 0.226 e. The molecular weight excluding hydrogens is 259 g/mol. The summed E-state index contributed by atoms with van der Waals surface area (Å²) >= 11 is 0. The van der Waals surface area contributed by atoms with Gasteiger partial charge < -0.3 is 9.80 Å². The first kappa shape index (κ1) is 12.6. The lowest BCUT2D eigenvalue weighted by Crippen LogP contribution is -2.46. The third kappa shape index (κ3) is 1.93. The van der Waals surface area contributed by atoms with Gasteiger partial charge in [-0.1, -0.05) is 0 Å². The van der Waals surface area contributed by atoms with Crippen molar-refractivity contribution in [3.8, 4) is 0 Å². The zero-order valence-corrected chi connectivity index (χ0v) is 11.6. The van der Waals surface area contributed by atoms with Gasteiger partial charge in [-0.2, -0.15) is 0 Å². The van der Waals surface area contributed by atoms with E-state index in [1.54, 1.807) is 0 Å². The first-order valence-electron chi connectivity index (χ1n) is 7.87. The SMILES string of the molecule is O=C1C[C@H]2[C@@H](CCN2C(=O)C2CC(F)C2)N1CC1CC1. The minimum absolute atomic E-state index is 0.0624. The third-order valence-electron chi connectivity index (χ3n) is 5.48. The van der Waals surface area contributed by atoms with Crippen molar-refractivity contribution < 1.29 is 14.0 Å². The van der Waals surface area contributed by atoms with E-state index in [-0.39, 0.29) is 29.8 Å². The number of carbonyl (C=O) groups is 2. The summed E-state index contributed by atoms with van der Waals surface area (Å²) < 4.78 is 12.9. The minimum atomic E-state index is -0.793. The highest BCUT2D eigenvalue weighted by atomic mass is 19.1. The van der Waals surface area contributed by atoms with Crippen molar-refractivity contribution in [1.82, 2.24) is 9.80 Å². The van der Waals surface area contributed by atoms with E-state index in [9.17, 15) is 14.0 Å². The van der Waals surface area contributed by atoms with Gasteiger partial charge in [0.2, 0.25) is 11.8 Å². The van der Waals surface area contributed by atoms with Gasteiger partial charge in [0.1, 0.15) is 6.17 Å². The lowest BCUT2D eigenvalue weighted by atomic mass is 9.82. The normalized spacial score (nSPS) is 40.0. The molecule has 2 amide bonds. The summed E-state index contributed by atoms with van der Waals surface area (Å²) in [6, 6.07) is 0.292. The fourth-order valence-corrected chi connectivity index (χ4v) is 4.00. The lowest BCUT2D eigenvalue weighted by Gasteiger charge is -2.34. The second kappa shape index (κ2) is 4.43. The molecule has 0 bridgehead atoms. The molecule has 110 valence electrons. The Bertz CT molecular complexity index is 445. The largest absolute Gasteiger partial charge is 0.337 e. The Morgan fingerprint density at radius 2 is 1.95 bits per heavy atom. The number of rotatable bonds is 3. The molecule has 2 heterocycles. The number of alkyl halides is 1. The molecule has 0 aromatic rings. The number of hydrogen-bond donors (Lipinski definition) is 0. The Hall–Kier alpha value is -1.13. The molecule has 0 unspecified atom stereocenters. The quantitative estimate of drug-likeness (QED) is 0.783. The molecule has 0 radical (unpaired) electrons. The highest BCUT2D eigenvalue weighted by molar-refractivity contribution is 5.85. The molecule has 4 rings (SSSR count). The van der Waals surface area contributed by atoms with E-state index in [1.807, 2.05) is 9.80 Å². The Morgan fingerprint density at radius 1 is 1.20 bits per heavy atom. The first-order chi connectivity index (χ1) is 9.63. The van der Waals surface area contributed by atoms with Crippen LogP contribution in [-0.4, -0.2) is 53.0 Å². The van der Waals surface area contributed by atoms with Gasteiger partial charge in [0.25, 0.3) is 0 Å². The molecule has 4 fully saturated rings. The topological polar surface area (TPSA) is 40.6 Å². The molecule has 2 atom stereocenters. The van der Waals surface area contributed by atoms with Crippen LogP contribution in [0, 0.1) is 11.8 Å². The molecule has 20 heavy (non-hydrogen) atoms. The van der Waals surface area contributed by atoms with Crippen LogP contribution in [0.25, 0.3) is 0 Å². The maximum Gasteiger partial charge on any atom is 0.226 e.